The van der Waals surface area contributed by atoms with E-state index in [1.807, 2.05) is 42.8 Å². The van der Waals surface area contributed by atoms with E-state index in [0.717, 1.165) is 20.1 Å². The molecule has 3 rings (SSSR count). The normalized spacial score (nSPS) is 10.6. The number of thioether (sulfide) groups is 1. The largest absolute Gasteiger partial charge is 0.341 e. The van der Waals surface area contributed by atoms with Crippen LogP contribution in [-0.4, -0.2) is 33.8 Å². The molecule has 0 spiro atoms. The Hall–Kier alpha value is -1.42. The summed E-state index contributed by atoms with van der Waals surface area (Å²) >= 11 is 7.92. The van der Waals surface area contributed by atoms with Gasteiger partial charge < -0.3 is 10.2 Å². The van der Waals surface area contributed by atoms with Gasteiger partial charge in [0.05, 0.1) is 5.75 Å². The zero-order valence-electron chi connectivity index (χ0n) is 13.3. The number of carbonyl (C=O) groups is 1. The molecule has 5 nitrogen and oxygen atoms in total. The average Bonchev–Trinajstić information content (AvgIpc) is 3.24. The van der Waals surface area contributed by atoms with Crippen LogP contribution in [0, 0.1) is 0 Å². The van der Waals surface area contributed by atoms with Gasteiger partial charge in [0.1, 0.15) is 0 Å². The molecular weight excluding hydrogens is 440 g/mol. The second-order valence-electron chi connectivity index (χ2n) is 5.18. The summed E-state index contributed by atoms with van der Waals surface area (Å²) in [5.74, 6) is 0.430. The zero-order chi connectivity index (χ0) is 17.6. The third-order valence-electron chi connectivity index (χ3n) is 3.23. The van der Waals surface area contributed by atoms with Gasteiger partial charge in [0, 0.05) is 23.8 Å². The van der Waals surface area contributed by atoms with E-state index in [0.29, 0.717) is 17.4 Å². The van der Waals surface area contributed by atoms with Crippen molar-refractivity contribution in [2.45, 2.75) is 10.9 Å². The Morgan fingerprint density at radius 1 is 1.36 bits per heavy atom. The van der Waals surface area contributed by atoms with Gasteiger partial charge in [0.25, 0.3) is 0 Å². The van der Waals surface area contributed by atoms with Gasteiger partial charge in [-0.05, 0) is 40.6 Å². The van der Waals surface area contributed by atoms with E-state index in [4.69, 9.17) is 0 Å². The maximum Gasteiger partial charge on any atom is 0.233 e. The Morgan fingerprint density at radius 3 is 3.00 bits per heavy atom. The minimum Gasteiger partial charge on any atom is -0.341 e. The summed E-state index contributed by atoms with van der Waals surface area (Å²) in [5.41, 5.74) is 2.09. The van der Waals surface area contributed by atoms with E-state index in [9.17, 15) is 4.79 Å². The van der Waals surface area contributed by atoms with Crippen LogP contribution < -0.4 is 5.32 Å². The van der Waals surface area contributed by atoms with Gasteiger partial charge in [-0.2, -0.15) is 11.3 Å². The second kappa shape index (κ2) is 8.79. The summed E-state index contributed by atoms with van der Waals surface area (Å²) in [6, 6.07) is 9.88. The average molecular weight is 455 g/mol. The molecule has 1 aromatic carbocycles. The van der Waals surface area contributed by atoms with E-state index < -0.39 is 0 Å². The first-order valence-electron chi connectivity index (χ1n) is 7.34. The number of benzene rings is 1. The molecule has 0 aliphatic carbocycles. The van der Waals surface area contributed by atoms with Gasteiger partial charge in [-0.3, -0.25) is 4.79 Å². The number of carbonyl (C=O) groups excluding carboxylic acids is 1. The highest BCUT2D eigenvalue weighted by Gasteiger charge is 2.12. The van der Waals surface area contributed by atoms with Gasteiger partial charge in [-0.15, -0.1) is 10.2 Å². The quantitative estimate of drug-likeness (QED) is 0.516. The number of halogens is 1. The maximum absolute atomic E-state index is 12.2. The Bertz CT molecular complexity index is 838. The molecule has 0 aliphatic heterocycles. The van der Waals surface area contributed by atoms with E-state index in [1.54, 1.807) is 16.2 Å². The number of anilines is 2. The van der Waals surface area contributed by atoms with Crippen LogP contribution >= 0.6 is 50.4 Å². The number of nitrogens with one attached hydrogen (secondary N) is 1. The highest BCUT2D eigenvalue weighted by molar-refractivity contribution is 9.10. The Labute approximate surface area is 166 Å². The van der Waals surface area contributed by atoms with Crippen LogP contribution in [0.1, 0.15) is 5.56 Å². The fraction of sp³-hybridized carbons (Fsp3) is 0.188. The van der Waals surface area contributed by atoms with E-state index >= 15 is 0 Å². The number of rotatable bonds is 7. The van der Waals surface area contributed by atoms with Gasteiger partial charge in [0.2, 0.25) is 11.0 Å². The first kappa shape index (κ1) is 18.4. The van der Waals surface area contributed by atoms with Crippen molar-refractivity contribution in [3.63, 3.8) is 0 Å². The van der Waals surface area contributed by atoms with Crippen LogP contribution in [0.5, 0.6) is 0 Å². The lowest BCUT2D eigenvalue weighted by atomic mass is 10.3. The van der Waals surface area contributed by atoms with Crippen LogP contribution in [0.4, 0.5) is 10.8 Å². The highest BCUT2D eigenvalue weighted by atomic mass is 79.9. The zero-order valence-corrected chi connectivity index (χ0v) is 17.3. The van der Waals surface area contributed by atoms with Crippen LogP contribution in [0.2, 0.25) is 0 Å². The van der Waals surface area contributed by atoms with Crippen LogP contribution in [0.3, 0.4) is 0 Å². The van der Waals surface area contributed by atoms with Crippen molar-refractivity contribution >= 4 is 67.1 Å². The highest BCUT2D eigenvalue weighted by Crippen LogP contribution is 2.28. The number of nitrogens with zero attached hydrogens (tertiary/aromatic N) is 3. The number of hydrogen-bond donors (Lipinski definition) is 1. The van der Waals surface area contributed by atoms with E-state index in [-0.39, 0.29) is 5.91 Å². The molecule has 0 aliphatic rings. The summed E-state index contributed by atoms with van der Waals surface area (Å²) in [5, 5.41) is 16.2. The molecule has 3 aromatic rings. The first-order valence-corrected chi connectivity index (χ1v) is 10.9. The minimum atomic E-state index is 0.0768. The summed E-state index contributed by atoms with van der Waals surface area (Å²) < 4.78 is 1.77. The predicted molar refractivity (Wildman–Crippen MR) is 109 cm³/mol. The molecule has 0 saturated heterocycles. The van der Waals surface area contributed by atoms with Gasteiger partial charge in [-0.25, -0.2) is 0 Å². The second-order valence-corrected chi connectivity index (χ2v) is 9.07. The molecule has 0 bridgehead atoms. The van der Waals surface area contributed by atoms with Crippen molar-refractivity contribution in [1.82, 2.24) is 15.1 Å². The lowest BCUT2D eigenvalue weighted by molar-refractivity contribution is -0.127. The molecular formula is C16H15BrN4OS3. The monoisotopic (exact) mass is 454 g/mol. The summed E-state index contributed by atoms with van der Waals surface area (Å²) in [7, 11) is 1.82. The van der Waals surface area contributed by atoms with Crippen molar-refractivity contribution in [3.05, 3.63) is 51.1 Å². The molecule has 9 heteroatoms. The Morgan fingerprint density at radius 2 is 2.24 bits per heavy atom. The van der Waals surface area contributed by atoms with Crippen molar-refractivity contribution in [2.24, 2.45) is 0 Å². The summed E-state index contributed by atoms with van der Waals surface area (Å²) in [6.45, 7) is 0.634. The predicted octanol–water partition coefficient (Wildman–Crippen LogP) is 4.86. The first-order chi connectivity index (χ1) is 12.1. The molecule has 2 aromatic heterocycles. The lowest BCUT2D eigenvalue weighted by Gasteiger charge is -2.15. The SMILES string of the molecule is CN(Cc1ccsc1)C(=O)CSc1nnc(Nc2cccc(Br)c2)s1. The number of aromatic nitrogens is 2. The topological polar surface area (TPSA) is 58.1 Å². The molecule has 25 heavy (non-hydrogen) atoms. The molecule has 0 saturated carbocycles. The Balaban J connectivity index is 1.50. The smallest absolute Gasteiger partial charge is 0.233 e. The molecule has 0 atom stereocenters. The van der Waals surface area contributed by atoms with Crippen molar-refractivity contribution < 1.29 is 4.79 Å². The summed E-state index contributed by atoms with van der Waals surface area (Å²) in [4.78, 5) is 14.0. The Kier molecular flexibility index (Phi) is 6.46. The molecule has 130 valence electrons. The van der Waals surface area contributed by atoms with Crippen molar-refractivity contribution in [2.75, 3.05) is 18.1 Å². The third kappa shape index (κ3) is 5.53. The van der Waals surface area contributed by atoms with Gasteiger partial charge in [-0.1, -0.05) is 45.1 Å². The van der Waals surface area contributed by atoms with Crippen LogP contribution in [-0.2, 0) is 11.3 Å². The minimum absolute atomic E-state index is 0.0768. The fourth-order valence-electron chi connectivity index (χ4n) is 1.99. The third-order valence-corrected chi connectivity index (χ3v) is 6.41. The fourth-order valence-corrected chi connectivity index (χ4v) is 4.76. The number of amides is 1. The molecule has 0 unspecified atom stereocenters. The van der Waals surface area contributed by atoms with Crippen molar-refractivity contribution in [1.29, 1.82) is 0 Å². The van der Waals surface area contributed by atoms with Gasteiger partial charge >= 0.3 is 0 Å². The standard InChI is InChI=1S/C16H15BrN4OS3/c1-21(8-11-5-6-23-9-11)14(22)10-24-16-20-19-15(25-16)18-13-4-2-3-12(17)7-13/h2-7,9H,8,10H2,1H3,(H,18,19). The molecule has 0 radical (unpaired) electrons. The van der Waals surface area contributed by atoms with Gasteiger partial charge in [0.15, 0.2) is 4.34 Å². The lowest BCUT2D eigenvalue weighted by Crippen LogP contribution is -2.27. The van der Waals surface area contributed by atoms with E-state index in [1.165, 1.54) is 23.1 Å². The molecule has 1 amide bonds. The maximum atomic E-state index is 12.2. The molecule has 1 N–H and O–H groups in total. The van der Waals surface area contributed by atoms with Crippen LogP contribution in [0.25, 0.3) is 0 Å². The molecule has 0 fully saturated rings. The van der Waals surface area contributed by atoms with E-state index in [2.05, 4.69) is 36.8 Å². The number of thiophene rings is 1. The summed E-state index contributed by atoms with van der Waals surface area (Å²) in [6.07, 6.45) is 0. The van der Waals surface area contributed by atoms with Crippen molar-refractivity contribution in [3.8, 4) is 0 Å². The molecule has 2 heterocycles. The van der Waals surface area contributed by atoms with Crippen LogP contribution in [0.15, 0.2) is 49.9 Å². The number of hydrogen-bond acceptors (Lipinski definition) is 7.